The van der Waals surface area contributed by atoms with Gasteiger partial charge in [0.1, 0.15) is 4.90 Å². The van der Waals surface area contributed by atoms with Crippen LogP contribution in [-0.2, 0) is 17.1 Å². The topological polar surface area (TPSA) is 110 Å². The normalized spacial score (nSPS) is 14.0. The van der Waals surface area contributed by atoms with Crippen LogP contribution in [-0.4, -0.2) is 36.0 Å². The van der Waals surface area contributed by atoms with E-state index in [2.05, 4.69) is 9.82 Å². The minimum atomic E-state index is -3.71. The van der Waals surface area contributed by atoms with Crippen molar-refractivity contribution >= 4 is 15.8 Å². The lowest BCUT2D eigenvalue weighted by atomic mass is 10.4. The molecule has 1 aromatic rings. The van der Waals surface area contributed by atoms with Gasteiger partial charge < -0.3 is 10.8 Å². The zero-order valence-electron chi connectivity index (χ0n) is 9.43. The molecule has 0 amide bonds. The molecule has 1 rings (SSSR count). The van der Waals surface area contributed by atoms with Gasteiger partial charge in [-0.1, -0.05) is 0 Å². The largest absolute Gasteiger partial charge is 0.392 e. The van der Waals surface area contributed by atoms with E-state index in [1.807, 2.05) is 0 Å². The number of aromatic nitrogens is 2. The van der Waals surface area contributed by atoms with E-state index in [-0.39, 0.29) is 17.3 Å². The zero-order chi connectivity index (χ0) is 12.5. The number of sulfonamides is 1. The molecule has 92 valence electrons. The summed E-state index contributed by atoms with van der Waals surface area (Å²) < 4.78 is 27.3. The molecule has 0 spiro atoms. The van der Waals surface area contributed by atoms with Gasteiger partial charge in [-0.2, -0.15) is 5.10 Å². The van der Waals surface area contributed by atoms with Crippen molar-refractivity contribution < 1.29 is 13.5 Å². The van der Waals surface area contributed by atoms with Gasteiger partial charge in [0, 0.05) is 13.6 Å². The summed E-state index contributed by atoms with van der Waals surface area (Å²) in [7, 11) is -2.10. The number of aryl methyl sites for hydroxylation is 1. The number of nitrogens with zero attached hydrogens (tertiary/aromatic N) is 2. The first-order valence-electron chi connectivity index (χ1n) is 4.72. The Labute approximate surface area is 94.3 Å². The van der Waals surface area contributed by atoms with Crippen LogP contribution in [0.2, 0.25) is 0 Å². The molecular formula is C8H16N4O3S. The van der Waals surface area contributed by atoms with Crippen molar-refractivity contribution in [3.8, 4) is 0 Å². The third kappa shape index (κ3) is 2.52. The SMILES string of the molecule is Cc1c(S(=O)(=O)NCC(C)O)c(N)nn1C. The van der Waals surface area contributed by atoms with Crippen LogP contribution < -0.4 is 10.5 Å². The molecule has 8 heteroatoms. The average Bonchev–Trinajstić information content (AvgIpc) is 2.38. The first kappa shape index (κ1) is 12.9. The van der Waals surface area contributed by atoms with Crippen LogP contribution in [0.5, 0.6) is 0 Å². The number of hydrogen-bond donors (Lipinski definition) is 3. The fourth-order valence-corrected chi connectivity index (χ4v) is 2.69. The number of nitrogens with one attached hydrogen (secondary N) is 1. The Morgan fingerprint density at radius 2 is 2.19 bits per heavy atom. The molecule has 0 saturated carbocycles. The summed E-state index contributed by atoms with van der Waals surface area (Å²) in [5.41, 5.74) is 5.98. The molecule has 0 radical (unpaired) electrons. The fourth-order valence-electron chi connectivity index (χ4n) is 1.25. The van der Waals surface area contributed by atoms with Gasteiger partial charge in [-0.15, -0.1) is 0 Å². The van der Waals surface area contributed by atoms with Crippen molar-refractivity contribution in [3.63, 3.8) is 0 Å². The lowest BCUT2D eigenvalue weighted by molar-refractivity contribution is 0.198. The van der Waals surface area contributed by atoms with Crippen molar-refractivity contribution in [3.05, 3.63) is 5.69 Å². The lowest BCUT2D eigenvalue weighted by Gasteiger charge is -2.08. The third-order valence-corrected chi connectivity index (χ3v) is 3.73. The van der Waals surface area contributed by atoms with E-state index in [1.54, 1.807) is 14.0 Å². The minimum absolute atomic E-state index is 0.0318. The summed E-state index contributed by atoms with van der Waals surface area (Å²) in [5, 5.41) is 12.8. The monoisotopic (exact) mass is 248 g/mol. The van der Waals surface area contributed by atoms with E-state index >= 15 is 0 Å². The molecule has 1 heterocycles. The highest BCUT2D eigenvalue weighted by atomic mass is 32.2. The summed E-state index contributed by atoms with van der Waals surface area (Å²) in [4.78, 5) is -0.0318. The Hall–Kier alpha value is -1.12. The van der Waals surface area contributed by atoms with Gasteiger partial charge in [0.05, 0.1) is 11.8 Å². The molecule has 0 bridgehead atoms. The van der Waals surface area contributed by atoms with Crippen LogP contribution in [0.15, 0.2) is 4.90 Å². The Balaban J connectivity index is 3.08. The Kier molecular flexibility index (Phi) is 3.56. The standard InChI is InChI=1S/C8H16N4O3S/c1-5(13)4-10-16(14,15)7-6(2)12(3)11-8(7)9/h5,10,13H,4H2,1-3H3,(H2,9,11). The Morgan fingerprint density at radius 3 is 2.56 bits per heavy atom. The van der Waals surface area contributed by atoms with Crippen LogP contribution in [0.3, 0.4) is 0 Å². The van der Waals surface area contributed by atoms with E-state index in [0.717, 1.165) is 0 Å². The van der Waals surface area contributed by atoms with Crippen molar-refractivity contribution in [2.24, 2.45) is 7.05 Å². The van der Waals surface area contributed by atoms with Gasteiger partial charge >= 0.3 is 0 Å². The van der Waals surface area contributed by atoms with Crippen LogP contribution in [0.25, 0.3) is 0 Å². The van der Waals surface area contributed by atoms with E-state index in [0.29, 0.717) is 5.69 Å². The molecule has 7 nitrogen and oxygen atoms in total. The van der Waals surface area contributed by atoms with Gasteiger partial charge in [-0.25, -0.2) is 13.1 Å². The molecule has 0 saturated heterocycles. The molecule has 0 aliphatic carbocycles. The molecule has 0 aliphatic heterocycles. The van der Waals surface area contributed by atoms with Crippen molar-refractivity contribution in [1.29, 1.82) is 0 Å². The maximum atomic E-state index is 11.8. The summed E-state index contributed by atoms with van der Waals surface area (Å²) in [6.45, 7) is 3.04. The van der Waals surface area contributed by atoms with Crippen molar-refractivity contribution in [2.75, 3.05) is 12.3 Å². The van der Waals surface area contributed by atoms with Gasteiger partial charge in [0.25, 0.3) is 0 Å². The van der Waals surface area contributed by atoms with Crippen LogP contribution in [0.1, 0.15) is 12.6 Å². The lowest BCUT2D eigenvalue weighted by Crippen LogP contribution is -2.31. The molecule has 1 atom stereocenters. The molecule has 1 aromatic heterocycles. The molecule has 0 fully saturated rings. The fraction of sp³-hybridized carbons (Fsp3) is 0.625. The van der Waals surface area contributed by atoms with Crippen molar-refractivity contribution in [2.45, 2.75) is 24.8 Å². The number of nitrogen functional groups attached to an aromatic ring is 1. The molecule has 1 unspecified atom stereocenters. The zero-order valence-corrected chi connectivity index (χ0v) is 10.2. The molecule has 0 aromatic carbocycles. The number of rotatable bonds is 4. The molecule has 0 aliphatic rings. The summed E-state index contributed by atoms with van der Waals surface area (Å²) in [6, 6.07) is 0. The number of anilines is 1. The van der Waals surface area contributed by atoms with Crippen molar-refractivity contribution in [1.82, 2.24) is 14.5 Å². The van der Waals surface area contributed by atoms with Gasteiger partial charge in [0.15, 0.2) is 5.82 Å². The average molecular weight is 248 g/mol. The first-order valence-corrected chi connectivity index (χ1v) is 6.21. The number of aliphatic hydroxyl groups excluding tert-OH is 1. The Morgan fingerprint density at radius 1 is 1.62 bits per heavy atom. The predicted molar refractivity (Wildman–Crippen MR) is 59.2 cm³/mol. The molecule has 4 N–H and O–H groups in total. The van der Waals surface area contributed by atoms with E-state index in [4.69, 9.17) is 10.8 Å². The number of nitrogens with two attached hydrogens (primary N) is 1. The summed E-state index contributed by atoms with van der Waals surface area (Å²) in [6.07, 6.45) is -0.757. The maximum Gasteiger partial charge on any atom is 0.246 e. The second kappa shape index (κ2) is 4.40. The van der Waals surface area contributed by atoms with E-state index in [1.165, 1.54) is 11.6 Å². The summed E-state index contributed by atoms with van der Waals surface area (Å²) >= 11 is 0. The van der Waals surface area contributed by atoms with E-state index in [9.17, 15) is 8.42 Å². The highest BCUT2D eigenvalue weighted by Crippen LogP contribution is 2.20. The highest BCUT2D eigenvalue weighted by Gasteiger charge is 2.24. The first-order chi connectivity index (χ1) is 7.25. The van der Waals surface area contributed by atoms with Crippen LogP contribution >= 0.6 is 0 Å². The smallest absolute Gasteiger partial charge is 0.246 e. The quantitative estimate of drug-likeness (QED) is 0.631. The highest BCUT2D eigenvalue weighted by molar-refractivity contribution is 7.89. The van der Waals surface area contributed by atoms with Gasteiger partial charge in [-0.3, -0.25) is 4.68 Å². The van der Waals surface area contributed by atoms with E-state index < -0.39 is 16.1 Å². The molecular weight excluding hydrogens is 232 g/mol. The second-order valence-electron chi connectivity index (χ2n) is 3.62. The summed E-state index contributed by atoms with van der Waals surface area (Å²) in [5.74, 6) is -0.0434. The van der Waals surface area contributed by atoms with Crippen LogP contribution in [0, 0.1) is 6.92 Å². The predicted octanol–water partition coefficient (Wildman–Crippen LogP) is -1.03. The number of aliphatic hydroxyl groups is 1. The Bertz CT molecular complexity index is 478. The maximum absolute atomic E-state index is 11.8. The van der Waals surface area contributed by atoms with Gasteiger partial charge in [0.2, 0.25) is 10.0 Å². The third-order valence-electron chi connectivity index (χ3n) is 2.14. The second-order valence-corrected chi connectivity index (χ2v) is 5.33. The van der Waals surface area contributed by atoms with Crippen LogP contribution in [0.4, 0.5) is 5.82 Å². The molecule has 16 heavy (non-hydrogen) atoms. The van der Waals surface area contributed by atoms with Gasteiger partial charge in [-0.05, 0) is 13.8 Å². The number of hydrogen-bond acceptors (Lipinski definition) is 5. The minimum Gasteiger partial charge on any atom is -0.392 e.